The molecule has 0 saturated carbocycles. The minimum Gasteiger partial charge on any atom is -0.459 e. The highest BCUT2D eigenvalue weighted by atomic mass is 16.5. The largest absolute Gasteiger partial charge is 0.459 e. The van der Waals surface area contributed by atoms with E-state index in [1.165, 1.54) is 0 Å². The van der Waals surface area contributed by atoms with Crippen molar-refractivity contribution in [3.8, 4) is 0 Å². The summed E-state index contributed by atoms with van der Waals surface area (Å²) >= 11 is 0. The second-order valence-electron chi connectivity index (χ2n) is 9.11. The van der Waals surface area contributed by atoms with Gasteiger partial charge in [-0.3, -0.25) is 4.79 Å². The number of ketones is 1. The van der Waals surface area contributed by atoms with Crippen molar-refractivity contribution in [1.29, 1.82) is 0 Å². The van der Waals surface area contributed by atoms with Crippen molar-refractivity contribution in [2.75, 3.05) is 0 Å². The van der Waals surface area contributed by atoms with Gasteiger partial charge in [0.05, 0.1) is 12.0 Å². The Balaban J connectivity index is 1.96. The van der Waals surface area contributed by atoms with Crippen LogP contribution >= 0.6 is 0 Å². The molecular formula is C25H27NO4. The van der Waals surface area contributed by atoms with Gasteiger partial charge in [0.25, 0.3) is 0 Å². The summed E-state index contributed by atoms with van der Waals surface area (Å²) in [6, 6.07) is 13.8. The molecule has 0 radical (unpaired) electrons. The number of ether oxygens (including phenoxy) is 2. The Morgan fingerprint density at radius 2 is 1.83 bits per heavy atom. The van der Waals surface area contributed by atoms with E-state index in [4.69, 9.17) is 15.2 Å². The summed E-state index contributed by atoms with van der Waals surface area (Å²) in [6.45, 7) is 7.63. The van der Waals surface area contributed by atoms with Crippen molar-refractivity contribution < 1.29 is 19.1 Å². The van der Waals surface area contributed by atoms with Gasteiger partial charge >= 0.3 is 5.97 Å². The molecule has 0 aromatic heterocycles. The summed E-state index contributed by atoms with van der Waals surface area (Å²) in [5, 5.41) is 2.00. The minimum atomic E-state index is -0.616. The monoisotopic (exact) mass is 405 g/mol. The molecule has 0 saturated heterocycles. The van der Waals surface area contributed by atoms with Crippen molar-refractivity contribution in [2.24, 2.45) is 11.1 Å². The molecule has 2 aromatic carbocycles. The highest BCUT2D eigenvalue weighted by Gasteiger charge is 2.45. The fraction of sp³-hybridized carbons (Fsp3) is 0.360. The number of carbonyl (C=O) groups is 2. The number of esters is 1. The predicted molar refractivity (Wildman–Crippen MR) is 115 cm³/mol. The molecule has 0 bridgehead atoms. The van der Waals surface area contributed by atoms with E-state index in [0.717, 1.165) is 16.3 Å². The van der Waals surface area contributed by atoms with E-state index < -0.39 is 11.9 Å². The van der Waals surface area contributed by atoms with Crippen LogP contribution in [0.4, 0.5) is 0 Å². The fourth-order valence-electron chi connectivity index (χ4n) is 4.47. The Labute approximate surface area is 176 Å². The zero-order valence-electron chi connectivity index (χ0n) is 17.8. The first-order chi connectivity index (χ1) is 14.2. The Morgan fingerprint density at radius 3 is 2.57 bits per heavy atom. The van der Waals surface area contributed by atoms with Crippen LogP contribution in [0.5, 0.6) is 0 Å². The Bertz CT molecular complexity index is 1100. The third-order valence-corrected chi connectivity index (χ3v) is 5.65. The standard InChI is InChI=1S/C25H27NO4/c1-14(2)29-24(28)22-20(17-11-7-9-15-8-5-6-10-16(15)17)21-18(27)12-25(3,4)13-19(21)30-23(22)26/h5-11,14,20H,12-13,26H2,1-4H3/t20-/m0/s1. The van der Waals surface area contributed by atoms with Crippen molar-refractivity contribution in [2.45, 2.75) is 52.6 Å². The molecule has 1 heterocycles. The highest BCUT2D eigenvalue weighted by molar-refractivity contribution is 6.05. The molecule has 0 unspecified atom stereocenters. The summed E-state index contributed by atoms with van der Waals surface area (Å²) < 4.78 is 11.4. The zero-order chi connectivity index (χ0) is 21.6. The lowest BCUT2D eigenvalue weighted by atomic mass is 9.69. The van der Waals surface area contributed by atoms with Crippen molar-refractivity contribution in [1.82, 2.24) is 0 Å². The molecule has 1 atom stereocenters. The summed E-state index contributed by atoms with van der Waals surface area (Å²) in [7, 11) is 0. The third kappa shape index (κ3) is 3.49. The molecule has 5 nitrogen and oxygen atoms in total. The van der Waals surface area contributed by atoms with E-state index in [9.17, 15) is 9.59 Å². The number of Topliss-reactive ketones (excluding diaryl/α,β-unsaturated/α-hetero) is 1. The van der Waals surface area contributed by atoms with Crippen LogP contribution in [-0.4, -0.2) is 17.9 Å². The number of benzene rings is 2. The summed E-state index contributed by atoms with van der Waals surface area (Å²) in [5.41, 5.74) is 7.63. The molecule has 1 aliphatic carbocycles. The smallest absolute Gasteiger partial charge is 0.340 e. The second kappa shape index (κ2) is 7.31. The van der Waals surface area contributed by atoms with Gasteiger partial charge in [-0.25, -0.2) is 4.79 Å². The molecule has 0 spiro atoms. The van der Waals surface area contributed by atoms with Gasteiger partial charge in [-0.1, -0.05) is 56.3 Å². The summed E-state index contributed by atoms with van der Waals surface area (Å²) in [5.74, 6) is -0.600. The number of nitrogens with two attached hydrogens (primary N) is 1. The molecular weight excluding hydrogens is 378 g/mol. The molecule has 4 rings (SSSR count). The number of rotatable bonds is 3. The number of carbonyl (C=O) groups excluding carboxylic acids is 2. The average molecular weight is 405 g/mol. The molecule has 0 fully saturated rings. The van der Waals surface area contributed by atoms with Gasteiger partial charge in [-0.15, -0.1) is 0 Å². The molecule has 30 heavy (non-hydrogen) atoms. The lowest BCUT2D eigenvalue weighted by Gasteiger charge is -2.38. The van der Waals surface area contributed by atoms with Gasteiger partial charge in [0.1, 0.15) is 11.3 Å². The van der Waals surface area contributed by atoms with Crippen LogP contribution in [0, 0.1) is 5.41 Å². The minimum absolute atomic E-state index is 0.0125. The molecule has 2 N–H and O–H groups in total. The normalized spacial score (nSPS) is 21.0. The van der Waals surface area contributed by atoms with Crippen molar-refractivity contribution in [3.05, 3.63) is 70.8 Å². The predicted octanol–water partition coefficient (Wildman–Crippen LogP) is 4.72. The Hall–Kier alpha value is -3.08. The average Bonchev–Trinajstić information content (AvgIpc) is 2.64. The van der Waals surface area contributed by atoms with Gasteiger partial charge < -0.3 is 15.2 Å². The van der Waals surface area contributed by atoms with Gasteiger partial charge in [0, 0.05) is 18.4 Å². The van der Waals surface area contributed by atoms with Gasteiger partial charge in [-0.2, -0.15) is 0 Å². The van der Waals surface area contributed by atoms with E-state index in [1.807, 2.05) is 56.3 Å². The maximum absolute atomic E-state index is 13.3. The maximum atomic E-state index is 13.3. The molecule has 5 heteroatoms. The summed E-state index contributed by atoms with van der Waals surface area (Å²) in [4.78, 5) is 26.4. The molecule has 2 aliphatic rings. The van der Waals surface area contributed by atoms with Crippen LogP contribution in [0.15, 0.2) is 65.3 Å². The van der Waals surface area contributed by atoms with Crippen molar-refractivity contribution >= 4 is 22.5 Å². The lowest BCUT2D eigenvalue weighted by Crippen LogP contribution is -2.36. The first kappa shape index (κ1) is 20.2. The van der Waals surface area contributed by atoms with E-state index in [0.29, 0.717) is 24.2 Å². The first-order valence-electron chi connectivity index (χ1n) is 10.3. The quantitative estimate of drug-likeness (QED) is 0.748. The van der Waals surface area contributed by atoms with E-state index in [2.05, 4.69) is 0 Å². The zero-order valence-corrected chi connectivity index (χ0v) is 17.8. The SMILES string of the molecule is CC(C)OC(=O)C1=C(N)OC2=C(C(=O)CC(C)(C)C2)[C@@H]1c1cccc2ccccc12. The molecule has 2 aromatic rings. The first-order valence-corrected chi connectivity index (χ1v) is 10.3. The van der Waals surface area contributed by atoms with Crippen molar-refractivity contribution in [3.63, 3.8) is 0 Å². The van der Waals surface area contributed by atoms with E-state index in [-0.39, 0.29) is 28.8 Å². The summed E-state index contributed by atoms with van der Waals surface area (Å²) in [6.07, 6.45) is 0.660. The number of hydrogen-bond donors (Lipinski definition) is 1. The van der Waals surface area contributed by atoms with Gasteiger partial charge in [0.2, 0.25) is 5.88 Å². The second-order valence-corrected chi connectivity index (χ2v) is 9.11. The fourth-order valence-corrected chi connectivity index (χ4v) is 4.47. The van der Waals surface area contributed by atoms with Crippen LogP contribution in [-0.2, 0) is 19.1 Å². The van der Waals surface area contributed by atoms with Crippen LogP contribution in [0.3, 0.4) is 0 Å². The van der Waals surface area contributed by atoms with E-state index in [1.54, 1.807) is 13.8 Å². The Kier molecular flexibility index (Phi) is 4.92. The maximum Gasteiger partial charge on any atom is 0.340 e. The number of fused-ring (bicyclic) bond motifs is 1. The van der Waals surface area contributed by atoms with Crippen LogP contribution < -0.4 is 5.73 Å². The van der Waals surface area contributed by atoms with Gasteiger partial charge in [0.15, 0.2) is 5.78 Å². The third-order valence-electron chi connectivity index (χ3n) is 5.65. The van der Waals surface area contributed by atoms with Crippen LogP contribution in [0.25, 0.3) is 10.8 Å². The lowest BCUT2D eigenvalue weighted by molar-refractivity contribution is -0.143. The molecule has 1 aliphatic heterocycles. The number of hydrogen-bond acceptors (Lipinski definition) is 5. The highest BCUT2D eigenvalue weighted by Crippen LogP contribution is 2.49. The molecule has 156 valence electrons. The Morgan fingerprint density at radius 1 is 1.13 bits per heavy atom. The van der Waals surface area contributed by atoms with E-state index >= 15 is 0 Å². The number of allylic oxidation sites excluding steroid dienone is 2. The van der Waals surface area contributed by atoms with Crippen LogP contribution in [0.2, 0.25) is 0 Å². The van der Waals surface area contributed by atoms with Crippen LogP contribution in [0.1, 0.15) is 52.0 Å². The molecule has 0 amide bonds. The topological polar surface area (TPSA) is 78.6 Å². The van der Waals surface area contributed by atoms with Gasteiger partial charge in [-0.05, 0) is 35.6 Å².